The fourth-order valence-corrected chi connectivity index (χ4v) is 1.94. The van der Waals surface area contributed by atoms with Gasteiger partial charge in [-0.3, -0.25) is 4.79 Å². The quantitative estimate of drug-likeness (QED) is 0.755. The van der Waals surface area contributed by atoms with Crippen LogP contribution in [-0.2, 0) is 0 Å². The standard InChI is InChI=1S/C15H12ClFO2/c1-9-7-11(16)3-5-14(9)19-15-6-4-12(17)8-13(15)10(2)18/h3-8H,1-2H3. The number of ether oxygens (including phenoxy) is 1. The fraction of sp³-hybridized carbons (Fsp3) is 0.133. The molecule has 2 aromatic rings. The van der Waals surface area contributed by atoms with E-state index in [9.17, 15) is 9.18 Å². The number of carbonyl (C=O) groups is 1. The number of halogens is 2. The van der Waals surface area contributed by atoms with Crippen LogP contribution in [0.15, 0.2) is 36.4 Å². The Hall–Kier alpha value is -1.87. The zero-order valence-electron chi connectivity index (χ0n) is 10.5. The van der Waals surface area contributed by atoms with Crippen molar-refractivity contribution in [3.05, 3.63) is 58.4 Å². The summed E-state index contributed by atoms with van der Waals surface area (Å²) in [4.78, 5) is 11.5. The summed E-state index contributed by atoms with van der Waals surface area (Å²) in [7, 11) is 0. The van der Waals surface area contributed by atoms with Gasteiger partial charge < -0.3 is 4.74 Å². The smallest absolute Gasteiger partial charge is 0.163 e. The van der Waals surface area contributed by atoms with Crippen LogP contribution in [0.2, 0.25) is 5.02 Å². The number of benzene rings is 2. The second-order valence-corrected chi connectivity index (χ2v) is 4.64. The lowest BCUT2D eigenvalue weighted by Gasteiger charge is -2.11. The minimum Gasteiger partial charge on any atom is -0.456 e. The summed E-state index contributed by atoms with van der Waals surface area (Å²) in [5, 5.41) is 0.607. The van der Waals surface area contributed by atoms with E-state index in [1.807, 2.05) is 6.92 Å². The van der Waals surface area contributed by atoms with Crippen molar-refractivity contribution in [2.75, 3.05) is 0 Å². The highest BCUT2D eigenvalue weighted by Crippen LogP contribution is 2.30. The molecule has 0 atom stereocenters. The average Bonchev–Trinajstić information content (AvgIpc) is 2.34. The maximum absolute atomic E-state index is 13.2. The second-order valence-electron chi connectivity index (χ2n) is 4.21. The van der Waals surface area contributed by atoms with Crippen molar-refractivity contribution >= 4 is 17.4 Å². The summed E-state index contributed by atoms with van der Waals surface area (Å²) >= 11 is 5.86. The molecule has 0 bridgehead atoms. The van der Waals surface area contributed by atoms with Crippen molar-refractivity contribution in [3.8, 4) is 11.5 Å². The average molecular weight is 279 g/mol. The van der Waals surface area contributed by atoms with Gasteiger partial charge in [0.1, 0.15) is 17.3 Å². The maximum Gasteiger partial charge on any atom is 0.163 e. The summed E-state index contributed by atoms with van der Waals surface area (Å²) in [6.07, 6.45) is 0. The van der Waals surface area contributed by atoms with E-state index in [0.717, 1.165) is 5.56 Å². The summed E-state index contributed by atoms with van der Waals surface area (Å²) in [6.45, 7) is 3.22. The third-order valence-electron chi connectivity index (χ3n) is 2.68. The van der Waals surface area contributed by atoms with Crippen LogP contribution < -0.4 is 4.74 Å². The molecule has 2 nitrogen and oxygen atoms in total. The number of hydrogen-bond donors (Lipinski definition) is 0. The van der Waals surface area contributed by atoms with Crippen LogP contribution in [0, 0.1) is 12.7 Å². The zero-order chi connectivity index (χ0) is 14.0. The minimum absolute atomic E-state index is 0.217. The molecule has 0 N–H and O–H groups in total. The second kappa shape index (κ2) is 5.41. The third kappa shape index (κ3) is 3.12. The fourth-order valence-electron chi connectivity index (χ4n) is 1.71. The first-order valence-corrected chi connectivity index (χ1v) is 6.09. The number of hydrogen-bond acceptors (Lipinski definition) is 2. The number of rotatable bonds is 3. The van der Waals surface area contributed by atoms with E-state index in [1.54, 1.807) is 18.2 Å². The van der Waals surface area contributed by atoms with Crippen LogP contribution in [0.4, 0.5) is 4.39 Å². The van der Waals surface area contributed by atoms with E-state index in [4.69, 9.17) is 16.3 Å². The van der Waals surface area contributed by atoms with Gasteiger partial charge in [0, 0.05) is 5.02 Å². The molecule has 0 heterocycles. The van der Waals surface area contributed by atoms with E-state index < -0.39 is 5.82 Å². The summed E-state index contributed by atoms with van der Waals surface area (Å²) in [6, 6.07) is 9.04. The van der Waals surface area contributed by atoms with Crippen LogP contribution in [0.25, 0.3) is 0 Å². The zero-order valence-corrected chi connectivity index (χ0v) is 11.3. The number of Topliss-reactive ketones (excluding diaryl/α,β-unsaturated/α-hetero) is 1. The van der Waals surface area contributed by atoms with Gasteiger partial charge >= 0.3 is 0 Å². The number of aryl methyl sites for hydroxylation is 1. The van der Waals surface area contributed by atoms with Gasteiger partial charge in [0.2, 0.25) is 0 Å². The lowest BCUT2D eigenvalue weighted by atomic mass is 10.1. The Kier molecular flexibility index (Phi) is 3.86. The molecule has 0 amide bonds. The van der Waals surface area contributed by atoms with Crippen LogP contribution in [0.3, 0.4) is 0 Å². The van der Waals surface area contributed by atoms with Gasteiger partial charge in [-0.05, 0) is 55.8 Å². The maximum atomic E-state index is 13.2. The molecule has 0 aliphatic carbocycles. The van der Waals surface area contributed by atoms with Crippen LogP contribution >= 0.6 is 11.6 Å². The highest BCUT2D eigenvalue weighted by molar-refractivity contribution is 6.30. The Morgan fingerprint density at radius 1 is 1.16 bits per heavy atom. The molecule has 0 fully saturated rings. The molecular formula is C15H12ClFO2. The van der Waals surface area contributed by atoms with Crippen LogP contribution in [-0.4, -0.2) is 5.78 Å². The molecule has 0 aromatic heterocycles. The Morgan fingerprint density at radius 2 is 1.84 bits per heavy atom. The molecule has 0 radical (unpaired) electrons. The highest BCUT2D eigenvalue weighted by atomic mass is 35.5. The van der Waals surface area contributed by atoms with E-state index in [2.05, 4.69) is 0 Å². The first-order valence-electron chi connectivity index (χ1n) is 5.72. The predicted octanol–water partition coefficient (Wildman–Crippen LogP) is 4.78. The molecular weight excluding hydrogens is 267 g/mol. The van der Waals surface area contributed by atoms with E-state index >= 15 is 0 Å². The number of carbonyl (C=O) groups excluding carboxylic acids is 1. The molecule has 2 aromatic carbocycles. The normalized spacial score (nSPS) is 10.3. The monoisotopic (exact) mass is 278 g/mol. The Bertz CT molecular complexity index is 638. The molecule has 0 saturated heterocycles. The number of ketones is 1. The van der Waals surface area contributed by atoms with Gasteiger partial charge in [-0.25, -0.2) is 4.39 Å². The van der Waals surface area contributed by atoms with Gasteiger partial charge in [-0.1, -0.05) is 11.6 Å². The molecule has 0 unspecified atom stereocenters. The van der Waals surface area contributed by atoms with Crippen molar-refractivity contribution in [1.29, 1.82) is 0 Å². The van der Waals surface area contributed by atoms with E-state index in [-0.39, 0.29) is 11.3 Å². The van der Waals surface area contributed by atoms with Gasteiger partial charge in [0.15, 0.2) is 5.78 Å². The van der Waals surface area contributed by atoms with Crippen molar-refractivity contribution in [2.24, 2.45) is 0 Å². The SMILES string of the molecule is CC(=O)c1cc(F)ccc1Oc1ccc(Cl)cc1C. The van der Waals surface area contributed by atoms with E-state index in [1.165, 1.54) is 25.1 Å². The molecule has 4 heteroatoms. The molecule has 2 rings (SSSR count). The van der Waals surface area contributed by atoms with Gasteiger partial charge in [0.05, 0.1) is 5.56 Å². The first-order chi connectivity index (χ1) is 8.97. The molecule has 98 valence electrons. The summed E-state index contributed by atoms with van der Waals surface area (Å²) in [5.74, 6) is 0.198. The van der Waals surface area contributed by atoms with Gasteiger partial charge in [-0.2, -0.15) is 0 Å². The highest BCUT2D eigenvalue weighted by Gasteiger charge is 2.12. The topological polar surface area (TPSA) is 26.3 Å². The third-order valence-corrected chi connectivity index (χ3v) is 2.91. The van der Waals surface area contributed by atoms with Crippen LogP contribution in [0.5, 0.6) is 11.5 Å². The Morgan fingerprint density at radius 3 is 2.47 bits per heavy atom. The molecule has 0 aliphatic heterocycles. The lowest BCUT2D eigenvalue weighted by molar-refractivity contribution is 0.101. The molecule has 19 heavy (non-hydrogen) atoms. The molecule has 0 aliphatic rings. The van der Waals surface area contributed by atoms with Crippen molar-refractivity contribution < 1.29 is 13.9 Å². The van der Waals surface area contributed by atoms with E-state index in [0.29, 0.717) is 16.5 Å². The van der Waals surface area contributed by atoms with Crippen molar-refractivity contribution in [3.63, 3.8) is 0 Å². The minimum atomic E-state index is -0.467. The summed E-state index contributed by atoms with van der Waals surface area (Å²) in [5.41, 5.74) is 1.06. The largest absolute Gasteiger partial charge is 0.456 e. The summed E-state index contributed by atoms with van der Waals surface area (Å²) < 4.78 is 18.8. The molecule has 0 spiro atoms. The van der Waals surface area contributed by atoms with Crippen molar-refractivity contribution in [1.82, 2.24) is 0 Å². The van der Waals surface area contributed by atoms with Crippen LogP contribution in [0.1, 0.15) is 22.8 Å². The van der Waals surface area contributed by atoms with Gasteiger partial charge in [0.25, 0.3) is 0 Å². The lowest BCUT2D eigenvalue weighted by Crippen LogP contribution is -1.98. The van der Waals surface area contributed by atoms with Crippen molar-refractivity contribution in [2.45, 2.75) is 13.8 Å². The predicted molar refractivity (Wildman–Crippen MR) is 72.7 cm³/mol. The Balaban J connectivity index is 2.40. The molecule has 0 saturated carbocycles. The van der Waals surface area contributed by atoms with Gasteiger partial charge in [-0.15, -0.1) is 0 Å². The first kappa shape index (κ1) is 13.6. The Labute approximate surface area is 115 Å².